The molecule has 0 atom stereocenters. The average Bonchev–Trinajstić information content (AvgIpc) is 3.11. The lowest BCUT2D eigenvalue weighted by molar-refractivity contribution is -0.116. The van der Waals surface area contributed by atoms with E-state index in [2.05, 4.69) is 20.4 Å². The number of carbonyl (C=O) groups excluding carboxylic acids is 1. The minimum Gasteiger partial charge on any atom is -0.439 e. The Morgan fingerprint density at radius 3 is 2.72 bits per heavy atom. The first-order chi connectivity index (χ1) is 12.1. The molecule has 0 aliphatic carbocycles. The van der Waals surface area contributed by atoms with Crippen molar-refractivity contribution in [1.82, 2.24) is 19.7 Å². The highest BCUT2D eigenvalue weighted by molar-refractivity contribution is 5.90. The second-order valence-corrected chi connectivity index (χ2v) is 5.94. The van der Waals surface area contributed by atoms with Crippen LogP contribution in [0.5, 0.6) is 11.6 Å². The molecule has 25 heavy (non-hydrogen) atoms. The van der Waals surface area contributed by atoms with Gasteiger partial charge in [0.2, 0.25) is 11.8 Å². The molecule has 0 saturated carbocycles. The first-order valence-electron chi connectivity index (χ1n) is 8.00. The molecule has 1 N–H and O–H groups in total. The molecule has 0 radical (unpaired) electrons. The number of nitrogens with one attached hydrogen (secondary N) is 1. The predicted octanol–water partition coefficient (Wildman–Crippen LogP) is 3.44. The van der Waals surface area contributed by atoms with Gasteiger partial charge < -0.3 is 10.1 Å². The molecule has 7 heteroatoms. The molecule has 0 saturated heterocycles. The number of rotatable bonds is 6. The molecule has 0 aliphatic heterocycles. The van der Waals surface area contributed by atoms with Crippen LogP contribution in [0.3, 0.4) is 0 Å². The Morgan fingerprint density at radius 2 is 2.04 bits per heavy atom. The van der Waals surface area contributed by atoms with E-state index in [1.54, 1.807) is 47.4 Å². The van der Waals surface area contributed by atoms with Gasteiger partial charge in [-0.25, -0.2) is 14.6 Å². The first kappa shape index (κ1) is 16.6. The molecule has 1 amide bonds. The van der Waals surface area contributed by atoms with Crippen molar-refractivity contribution in [3.05, 3.63) is 55.1 Å². The van der Waals surface area contributed by atoms with Crippen molar-refractivity contribution in [2.45, 2.75) is 20.3 Å². The minimum absolute atomic E-state index is 0.00309. The van der Waals surface area contributed by atoms with Gasteiger partial charge in [-0.3, -0.25) is 4.79 Å². The van der Waals surface area contributed by atoms with Gasteiger partial charge in [-0.15, -0.1) is 0 Å². The molecule has 7 nitrogen and oxygen atoms in total. The van der Waals surface area contributed by atoms with E-state index in [9.17, 15) is 4.79 Å². The maximum atomic E-state index is 11.8. The Morgan fingerprint density at radius 1 is 1.24 bits per heavy atom. The van der Waals surface area contributed by atoms with Crippen LogP contribution in [0.1, 0.15) is 20.3 Å². The summed E-state index contributed by atoms with van der Waals surface area (Å²) in [5.41, 5.74) is 0.734. The number of hydrogen-bond donors (Lipinski definition) is 1. The minimum atomic E-state index is 0.00309. The predicted molar refractivity (Wildman–Crippen MR) is 93.8 cm³/mol. The second-order valence-electron chi connectivity index (χ2n) is 5.94. The molecule has 0 aliphatic rings. The molecule has 3 rings (SSSR count). The summed E-state index contributed by atoms with van der Waals surface area (Å²) in [6, 6.07) is 10.7. The van der Waals surface area contributed by atoms with Crippen LogP contribution >= 0.6 is 0 Å². The van der Waals surface area contributed by atoms with Crippen molar-refractivity contribution in [3.63, 3.8) is 0 Å². The molecule has 2 aromatic heterocycles. The van der Waals surface area contributed by atoms with Gasteiger partial charge in [0.15, 0.2) is 5.82 Å². The third kappa shape index (κ3) is 4.63. The SMILES string of the molecule is CC(C)CC(=O)Nc1ccc(Oc2cc(-n3cccn3)ncn2)cc1. The lowest BCUT2D eigenvalue weighted by Gasteiger charge is -2.09. The van der Waals surface area contributed by atoms with Crippen LogP contribution in [-0.4, -0.2) is 25.7 Å². The van der Waals surface area contributed by atoms with Gasteiger partial charge in [0.1, 0.15) is 12.1 Å². The van der Waals surface area contributed by atoms with Crippen LogP contribution in [0.25, 0.3) is 5.82 Å². The van der Waals surface area contributed by atoms with Gasteiger partial charge in [0, 0.05) is 30.6 Å². The van der Waals surface area contributed by atoms with Crippen molar-refractivity contribution in [2.75, 3.05) is 5.32 Å². The molecular weight excluding hydrogens is 318 g/mol. The molecule has 3 aromatic rings. The maximum absolute atomic E-state index is 11.8. The smallest absolute Gasteiger partial charge is 0.224 e. The Kier molecular flexibility index (Phi) is 5.03. The summed E-state index contributed by atoms with van der Waals surface area (Å²) in [4.78, 5) is 20.0. The van der Waals surface area contributed by atoms with Crippen LogP contribution in [0.2, 0.25) is 0 Å². The number of carbonyl (C=O) groups is 1. The fourth-order valence-corrected chi connectivity index (χ4v) is 2.23. The standard InChI is InChI=1S/C18H19N5O2/c1-13(2)10-17(24)22-14-4-6-15(7-5-14)25-18-11-16(19-12-20-18)23-9-3-8-21-23/h3-9,11-13H,10H2,1-2H3,(H,22,24). The Balaban J connectivity index is 1.66. The van der Waals surface area contributed by atoms with Crippen LogP contribution < -0.4 is 10.1 Å². The number of nitrogens with zero attached hydrogens (tertiary/aromatic N) is 4. The fourth-order valence-electron chi connectivity index (χ4n) is 2.23. The monoisotopic (exact) mass is 337 g/mol. The summed E-state index contributed by atoms with van der Waals surface area (Å²) in [6.07, 6.45) is 5.39. The number of benzene rings is 1. The summed E-state index contributed by atoms with van der Waals surface area (Å²) in [5, 5.41) is 6.99. The highest BCUT2D eigenvalue weighted by atomic mass is 16.5. The molecule has 0 spiro atoms. The number of anilines is 1. The third-order valence-electron chi connectivity index (χ3n) is 3.32. The highest BCUT2D eigenvalue weighted by Crippen LogP contribution is 2.22. The van der Waals surface area contributed by atoms with Crippen molar-refractivity contribution in [3.8, 4) is 17.4 Å². The van der Waals surface area contributed by atoms with Crippen LogP contribution in [0.4, 0.5) is 5.69 Å². The largest absolute Gasteiger partial charge is 0.439 e. The van der Waals surface area contributed by atoms with Crippen molar-refractivity contribution in [2.24, 2.45) is 5.92 Å². The highest BCUT2D eigenvalue weighted by Gasteiger charge is 2.07. The van der Waals surface area contributed by atoms with E-state index >= 15 is 0 Å². The third-order valence-corrected chi connectivity index (χ3v) is 3.32. The van der Waals surface area contributed by atoms with E-state index in [0.717, 1.165) is 5.69 Å². The van der Waals surface area contributed by atoms with Gasteiger partial charge in [-0.05, 0) is 36.2 Å². The summed E-state index contributed by atoms with van der Waals surface area (Å²) in [6.45, 7) is 4.02. The van der Waals surface area contributed by atoms with Gasteiger partial charge in [0.05, 0.1) is 0 Å². The Hall–Kier alpha value is -3.22. The normalized spacial score (nSPS) is 10.7. The average molecular weight is 337 g/mol. The topological polar surface area (TPSA) is 81.9 Å². The van der Waals surface area contributed by atoms with Crippen LogP contribution in [-0.2, 0) is 4.79 Å². The quantitative estimate of drug-likeness (QED) is 0.745. The number of amides is 1. The lowest BCUT2D eigenvalue weighted by Crippen LogP contribution is -2.13. The molecule has 0 bridgehead atoms. The Bertz CT molecular complexity index is 829. The summed E-state index contributed by atoms with van der Waals surface area (Å²) < 4.78 is 7.36. The van der Waals surface area contributed by atoms with Crippen LogP contribution in [0, 0.1) is 5.92 Å². The molecule has 2 heterocycles. The van der Waals surface area contributed by atoms with E-state index in [-0.39, 0.29) is 5.91 Å². The van der Waals surface area contributed by atoms with E-state index in [4.69, 9.17) is 4.74 Å². The number of aromatic nitrogens is 4. The maximum Gasteiger partial charge on any atom is 0.224 e. The van der Waals surface area contributed by atoms with E-state index in [1.165, 1.54) is 6.33 Å². The molecule has 128 valence electrons. The number of ether oxygens (including phenoxy) is 1. The molecule has 0 fully saturated rings. The zero-order chi connectivity index (χ0) is 17.6. The Labute approximate surface area is 145 Å². The van der Waals surface area contributed by atoms with E-state index in [0.29, 0.717) is 29.8 Å². The molecular formula is C18H19N5O2. The van der Waals surface area contributed by atoms with Gasteiger partial charge in [-0.2, -0.15) is 5.10 Å². The van der Waals surface area contributed by atoms with E-state index < -0.39 is 0 Å². The lowest BCUT2D eigenvalue weighted by atomic mass is 10.1. The van der Waals surface area contributed by atoms with Crippen molar-refractivity contribution >= 4 is 11.6 Å². The molecule has 1 aromatic carbocycles. The van der Waals surface area contributed by atoms with Crippen molar-refractivity contribution < 1.29 is 9.53 Å². The number of hydrogen-bond acceptors (Lipinski definition) is 5. The second kappa shape index (κ2) is 7.57. The summed E-state index contributed by atoms with van der Waals surface area (Å²) >= 11 is 0. The zero-order valence-corrected chi connectivity index (χ0v) is 14.1. The summed E-state index contributed by atoms with van der Waals surface area (Å²) in [5.74, 6) is 1.98. The van der Waals surface area contributed by atoms with Gasteiger partial charge >= 0.3 is 0 Å². The molecule has 0 unspecified atom stereocenters. The first-order valence-corrected chi connectivity index (χ1v) is 8.00. The fraction of sp³-hybridized carbons (Fsp3) is 0.222. The van der Waals surface area contributed by atoms with Gasteiger partial charge in [-0.1, -0.05) is 13.8 Å². The van der Waals surface area contributed by atoms with Gasteiger partial charge in [0.25, 0.3) is 0 Å². The summed E-state index contributed by atoms with van der Waals surface area (Å²) in [7, 11) is 0. The van der Waals surface area contributed by atoms with E-state index in [1.807, 2.05) is 19.9 Å². The van der Waals surface area contributed by atoms with Crippen LogP contribution in [0.15, 0.2) is 55.1 Å². The van der Waals surface area contributed by atoms with Crippen molar-refractivity contribution in [1.29, 1.82) is 0 Å². The zero-order valence-electron chi connectivity index (χ0n) is 14.1.